The van der Waals surface area contributed by atoms with Crippen molar-refractivity contribution in [1.29, 1.82) is 0 Å². The molecule has 3 aromatic carbocycles. The number of esters is 1. The van der Waals surface area contributed by atoms with Gasteiger partial charge in [-0.1, -0.05) is 36.4 Å². The molecule has 0 aliphatic carbocycles. The molecule has 1 amide bonds. The number of hydrogen-bond donors (Lipinski definition) is 1. The van der Waals surface area contributed by atoms with Crippen molar-refractivity contribution in [2.45, 2.75) is 0 Å². The van der Waals surface area contributed by atoms with E-state index in [-0.39, 0.29) is 11.3 Å². The van der Waals surface area contributed by atoms with Crippen LogP contribution in [0.3, 0.4) is 0 Å². The molecule has 1 heterocycles. The third-order valence-corrected chi connectivity index (χ3v) is 5.00. The predicted octanol–water partition coefficient (Wildman–Crippen LogP) is 3.20. The molecule has 0 unspecified atom stereocenters. The minimum Gasteiger partial charge on any atom is -0.493 e. The van der Waals surface area contributed by atoms with Gasteiger partial charge in [0, 0.05) is 17.1 Å². The van der Waals surface area contributed by atoms with Crippen LogP contribution in [0.4, 0.5) is 5.69 Å². The lowest BCUT2D eigenvalue weighted by molar-refractivity contribution is -0.119. The normalized spacial score (nSPS) is 10.5. The van der Waals surface area contributed by atoms with Crippen LogP contribution in [0.2, 0.25) is 0 Å². The average molecular weight is 459 g/mol. The van der Waals surface area contributed by atoms with Crippen LogP contribution in [0.1, 0.15) is 10.5 Å². The van der Waals surface area contributed by atoms with E-state index in [0.717, 1.165) is 4.68 Å². The van der Waals surface area contributed by atoms with E-state index in [1.165, 1.54) is 14.2 Å². The van der Waals surface area contributed by atoms with Gasteiger partial charge in [0.2, 0.25) is 0 Å². The maximum atomic E-state index is 12.9. The van der Waals surface area contributed by atoms with E-state index in [9.17, 15) is 14.4 Å². The second-order valence-corrected chi connectivity index (χ2v) is 7.14. The molecule has 4 aromatic rings. The Morgan fingerprint density at radius 1 is 0.882 bits per heavy atom. The predicted molar refractivity (Wildman–Crippen MR) is 126 cm³/mol. The van der Waals surface area contributed by atoms with Crippen LogP contribution in [0.25, 0.3) is 16.5 Å². The average Bonchev–Trinajstić information content (AvgIpc) is 2.88. The van der Waals surface area contributed by atoms with Crippen molar-refractivity contribution in [2.75, 3.05) is 26.1 Å². The highest BCUT2D eigenvalue weighted by atomic mass is 16.5. The van der Waals surface area contributed by atoms with Gasteiger partial charge in [-0.25, -0.2) is 4.79 Å². The van der Waals surface area contributed by atoms with Crippen LogP contribution in [0.5, 0.6) is 11.5 Å². The molecule has 0 saturated heterocycles. The summed E-state index contributed by atoms with van der Waals surface area (Å²) in [6.07, 6.45) is 0. The highest BCUT2D eigenvalue weighted by Crippen LogP contribution is 2.29. The van der Waals surface area contributed by atoms with E-state index in [1.807, 2.05) is 6.07 Å². The van der Waals surface area contributed by atoms with Gasteiger partial charge in [0.15, 0.2) is 23.8 Å². The Morgan fingerprint density at radius 3 is 2.26 bits per heavy atom. The Morgan fingerprint density at radius 2 is 1.56 bits per heavy atom. The van der Waals surface area contributed by atoms with Crippen molar-refractivity contribution >= 4 is 28.3 Å². The fourth-order valence-electron chi connectivity index (χ4n) is 3.39. The lowest BCUT2D eigenvalue weighted by Gasteiger charge is -2.12. The van der Waals surface area contributed by atoms with E-state index in [4.69, 9.17) is 14.2 Å². The molecule has 0 spiro atoms. The lowest BCUT2D eigenvalue weighted by Crippen LogP contribution is -2.26. The van der Waals surface area contributed by atoms with Crippen LogP contribution in [-0.2, 0) is 9.53 Å². The third-order valence-electron chi connectivity index (χ3n) is 5.00. The molecule has 0 atom stereocenters. The standard InChI is InChI=1S/C25H21N3O6/c1-32-20-13-12-16(14-21(20)33-2)26-22(29)15-34-25(31)23-18-10-6-7-11-19(18)24(30)28(27-23)17-8-4-3-5-9-17/h3-14H,15H2,1-2H3,(H,26,29). The second kappa shape index (κ2) is 9.86. The maximum Gasteiger partial charge on any atom is 0.359 e. The summed E-state index contributed by atoms with van der Waals surface area (Å²) < 4.78 is 16.7. The number of aromatic nitrogens is 2. The number of fused-ring (bicyclic) bond motifs is 1. The molecule has 0 aliphatic heterocycles. The number of nitrogens with one attached hydrogen (secondary N) is 1. The smallest absolute Gasteiger partial charge is 0.359 e. The second-order valence-electron chi connectivity index (χ2n) is 7.14. The SMILES string of the molecule is COc1ccc(NC(=O)COC(=O)c2nn(-c3ccccc3)c(=O)c3ccccc23)cc1OC. The number of anilines is 1. The van der Waals surface area contributed by atoms with Gasteiger partial charge in [0.1, 0.15) is 0 Å². The van der Waals surface area contributed by atoms with Gasteiger partial charge in [0.05, 0.1) is 25.3 Å². The molecule has 0 radical (unpaired) electrons. The third kappa shape index (κ3) is 4.58. The Bertz CT molecular complexity index is 1420. The molecular formula is C25H21N3O6. The highest BCUT2D eigenvalue weighted by molar-refractivity contribution is 6.03. The van der Waals surface area contributed by atoms with Gasteiger partial charge in [-0.3, -0.25) is 9.59 Å². The monoisotopic (exact) mass is 459 g/mol. The maximum absolute atomic E-state index is 12.9. The minimum absolute atomic E-state index is 0.0713. The minimum atomic E-state index is -0.830. The number of methoxy groups -OCH3 is 2. The molecule has 0 saturated carbocycles. The Kier molecular flexibility index (Phi) is 6.54. The Labute approximate surface area is 194 Å². The fourth-order valence-corrected chi connectivity index (χ4v) is 3.39. The fraction of sp³-hybridized carbons (Fsp3) is 0.120. The summed E-state index contributed by atoms with van der Waals surface area (Å²) in [4.78, 5) is 38.2. The quantitative estimate of drug-likeness (QED) is 0.423. The molecular weight excluding hydrogens is 438 g/mol. The molecule has 9 heteroatoms. The van der Waals surface area contributed by atoms with Gasteiger partial charge in [0.25, 0.3) is 11.5 Å². The number of rotatable bonds is 7. The van der Waals surface area contributed by atoms with E-state index >= 15 is 0 Å². The summed E-state index contributed by atoms with van der Waals surface area (Å²) in [7, 11) is 2.99. The number of hydrogen-bond acceptors (Lipinski definition) is 7. The van der Waals surface area contributed by atoms with Crippen molar-refractivity contribution in [3.8, 4) is 17.2 Å². The van der Waals surface area contributed by atoms with Crippen LogP contribution < -0.4 is 20.3 Å². The largest absolute Gasteiger partial charge is 0.493 e. The summed E-state index contributed by atoms with van der Waals surface area (Å²) in [5.74, 6) is -0.431. The van der Waals surface area contributed by atoms with Gasteiger partial charge in [-0.15, -0.1) is 0 Å². The number of benzene rings is 3. The molecule has 9 nitrogen and oxygen atoms in total. The molecule has 1 N–H and O–H groups in total. The molecule has 0 bridgehead atoms. The van der Waals surface area contributed by atoms with E-state index in [2.05, 4.69) is 10.4 Å². The summed E-state index contributed by atoms with van der Waals surface area (Å²) >= 11 is 0. The summed E-state index contributed by atoms with van der Waals surface area (Å²) in [6.45, 7) is -0.548. The van der Waals surface area contributed by atoms with Crippen LogP contribution >= 0.6 is 0 Å². The number of carbonyl (C=O) groups excluding carboxylic acids is 2. The molecule has 34 heavy (non-hydrogen) atoms. The summed E-state index contributed by atoms with van der Waals surface area (Å²) in [5, 5.41) is 7.52. The van der Waals surface area contributed by atoms with E-state index in [0.29, 0.717) is 33.6 Å². The molecule has 1 aromatic heterocycles. The zero-order valence-corrected chi connectivity index (χ0v) is 18.5. The van der Waals surface area contributed by atoms with Crippen molar-refractivity contribution < 1.29 is 23.8 Å². The van der Waals surface area contributed by atoms with Gasteiger partial charge in [-0.2, -0.15) is 9.78 Å². The zero-order valence-electron chi connectivity index (χ0n) is 18.5. The first kappa shape index (κ1) is 22.5. The van der Waals surface area contributed by atoms with Gasteiger partial charge < -0.3 is 19.5 Å². The lowest BCUT2D eigenvalue weighted by atomic mass is 10.1. The van der Waals surface area contributed by atoms with Crippen LogP contribution in [0.15, 0.2) is 77.6 Å². The van der Waals surface area contributed by atoms with Crippen molar-refractivity contribution in [2.24, 2.45) is 0 Å². The first-order valence-electron chi connectivity index (χ1n) is 10.3. The van der Waals surface area contributed by atoms with Crippen molar-refractivity contribution in [1.82, 2.24) is 9.78 Å². The van der Waals surface area contributed by atoms with Gasteiger partial charge >= 0.3 is 5.97 Å². The van der Waals surface area contributed by atoms with Crippen LogP contribution in [-0.4, -0.2) is 42.5 Å². The van der Waals surface area contributed by atoms with Crippen molar-refractivity contribution in [3.63, 3.8) is 0 Å². The topological polar surface area (TPSA) is 109 Å². The number of nitrogens with zero attached hydrogens (tertiary/aromatic N) is 2. The first-order valence-corrected chi connectivity index (χ1v) is 10.3. The van der Waals surface area contributed by atoms with E-state index in [1.54, 1.807) is 66.7 Å². The Hall–Kier alpha value is -4.66. The summed E-state index contributed by atoms with van der Waals surface area (Å²) in [6, 6.07) is 20.2. The van der Waals surface area contributed by atoms with Crippen molar-refractivity contribution in [3.05, 3.63) is 88.8 Å². The first-order chi connectivity index (χ1) is 16.5. The molecule has 0 fully saturated rings. The highest BCUT2D eigenvalue weighted by Gasteiger charge is 2.20. The Balaban J connectivity index is 1.56. The van der Waals surface area contributed by atoms with Crippen LogP contribution in [0, 0.1) is 0 Å². The zero-order chi connectivity index (χ0) is 24.1. The summed E-state index contributed by atoms with van der Waals surface area (Å²) in [5.41, 5.74) is 0.501. The molecule has 0 aliphatic rings. The molecule has 172 valence electrons. The number of amides is 1. The number of carbonyl (C=O) groups is 2. The van der Waals surface area contributed by atoms with Gasteiger partial charge in [-0.05, 0) is 30.3 Å². The molecule has 4 rings (SSSR count). The van der Waals surface area contributed by atoms with E-state index < -0.39 is 18.5 Å². The number of ether oxygens (including phenoxy) is 3. The number of para-hydroxylation sites is 1.